The molecule has 0 aromatic heterocycles. The molecule has 0 aliphatic carbocycles. The minimum absolute atomic E-state index is 0.0174. The summed E-state index contributed by atoms with van der Waals surface area (Å²) in [6.07, 6.45) is 0. The van der Waals surface area contributed by atoms with Crippen LogP contribution in [0.5, 0.6) is 5.75 Å². The standard InChI is InChI=1S/C12H17AsO3/c1-4-15-12(14)8-16-11-6-5-10(13-3)7-9(11)2/h5-7,13H,4,8H2,1-3H3. The molecule has 0 radical (unpaired) electrons. The van der Waals surface area contributed by atoms with Gasteiger partial charge in [0, 0.05) is 0 Å². The summed E-state index contributed by atoms with van der Waals surface area (Å²) in [4.78, 5) is 11.1. The van der Waals surface area contributed by atoms with E-state index in [1.54, 1.807) is 6.92 Å². The Kier molecular flexibility index (Phi) is 5.40. The van der Waals surface area contributed by atoms with Gasteiger partial charge in [0.1, 0.15) is 0 Å². The predicted octanol–water partition coefficient (Wildman–Crippen LogP) is 1.05. The van der Waals surface area contributed by atoms with Gasteiger partial charge in [-0.25, -0.2) is 0 Å². The maximum atomic E-state index is 11.1. The molecule has 16 heavy (non-hydrogen) atoms. The second-order valence-electron chi connectivity index (χ2n) is 3.32. The van der Waals surface area contributed by atoms with Gasteiger partial charge in [0.15, 0.2) is 0 Å². The average Bonchev–Trinajstić information content (AvgIpc) is 2.27. The van der Waals surface area contributed by atoms with Crippen molar-refractivity contribution in [1.82, 2.24) is 0 Å². The molecule has 0 N–H and O–H groups in total. The van der Waals surface area contributed by atoms with Crippen molar-refractivity contribution in [3.63, 3.8) is 0 Å². The Hall–Kier alpha value is -0.952. The van der Waals surface area contributed by atoms with Gasteiger partial charge in [-0.2, -0.15) is 0 Å². The summed E-state index contributed by atoms with van der Waals surface area (Å²) in [6.45, 7) is 4.15. The van der Waals surface area contributed by atoms with Crippen LogP contribution in [0.15, 0.2) is 18.2 Å². The molecule has 0 saturated carbocycles. The van der Waals surface area contributed by atoms with Crippen molar-refractivity contribution in [3.8, 4) is 5.75 Å². The van der Waals surface area contributed by atoms with Gasteiger partial charge in [0.25, 0.3) is 0 Å². The zero-order valence-electron chi connectivity index (χ0n) is 9.87. The quantitative estimate of drug-likeness (QED) is 0.599. The fourth-order valence-corrected chi connectivity index (χ4v) is 2.59. The van der Waals surface area contributed by atoms with Crippen LogP contribution in [0.3, 0.4) is 0 Å². The van der Waals surface area contributed by atoms with E-state index in [0.29, 0.717) is 6.61 Å². The number of carbonyl (C=O) groups excluding carboxylic acids is 1. The Bertz CT molecular complexity index is 363. The number of rotatable bonds is 5. The third-order valence-corrected chi connectivity index (χ3v) is 3.98. The molecule has 1 unspecified atom stereocenters. The molecule has 0 aliphatic rings. The van der Waals surface area contributed by atoms with Crippen molar-refractivity contribution in [2.24, 2.45) is 0 Å². The molecule has 0 heterocycles. The molecule has 1 aromatic rings. The molecule has 0 saturated heterocycles. The zero-order valence-corrected chi connectivity index (χ0v) is 12.0. The molecule has 0 amide bonds. The van der Waals surface area contributed by atoms with Gasteiger partial charge < -0.3 is 0 Å². The molecular weight excluding hydrogens is 267 g/mol. The van der Waals surface area contributed by atoms with Crippen molar-refractivity contribution >= 4 is 26.1 Å². The monoisotopic (exact) mass is 284 g/mol. The van der Waals surface area contributed by atoms with E-state index >= 15 is 0 Å². The fraction of sp³-hybridized carbons (Fsp3) is 0.417. The van der Waals surface area contributed by atoms with Crippen molar-refractivity contribution in [2.75, 3.05) is 13.2 Å². The molecule has 1 aromatic carbocycles. The molecule has 88 valence electrons. The Morgan fingerprint density at radius 2 is 2.19 bits per heavy atom. The van der Waals surface area contributed by atoms with Crippen LogP contribution in [0.2, 0.25) is 5.71 Å². The summed E-state index contributed by atoms with van der Waals surface area (Å²) in [5.41, 5.74) is 3.31. The molecule has 3 nitrogen and oxygen atoms in total. The van der Waals surface area contributed by atoms with Crippen molar-refractivity contribution in [3.05, 3.63) is 23.8 Å². The van der Waals surface area contributed by atoms with Crippen LogP contribution in [-0.2, 0) is 9.53 Å². The van der Waals surface area contributed by atoms with Crippen LogP contribution >= 0.6 is 0 Å². The van der Waals surface area contributed by atoms with E-state index in [0.717, 1.165) is 11.3 Å². The Labute approximate surface area is 103 Å². The Morgan fingerprint density at radius 1 is 1.44 bits per heavy atom. The van der Waals surface area contributed by atoms with Crippen LogP contribution in [0.25, 0.3) is 0 Å². The summed E-state index contributed by atoms with van der Waals surface area (Å²) in [7, 11) is 0. The van der Waals surface area contributed by atoms with Gasteiger partial charge in [-0.1, -0.05) is 0 Å². The molecule has 0 fully saturated rings. The number of benzene rings is 1. The summed E-state index contributed by atoms with van der Waals surface area (Å²) < 4.78 is 11.6. The van der Waals surface area contributed by atoms with Crippen LogP contribution in [0, 0.1) is 6.92 Å². The minimum atomic E-state index is -0.324. The summed E-state index contributed by atoms with van der Waals surface area (Å²) in [6, 6.07) is 6.12. The predicted molar refractivity (Wildman–Crippen MR) is 66.0 cm³/mol. The van der Waals surface area contributed by atoms with E-state index in [4.69, 9.17) is 9.47 Å². The molecule has 0 bridgehead atoms. The van der Waals surface area contributed by atoms with E-state index in [9.17, 15) is 4.79 Å². The Balaban J connectivity index is 2.57. The topological polar surface area (TPSA) is 35.5 Å². The number of ether oxygens (including phenoxy) is 2. The van der Waals surface area contributed by atoms with Crippen LogP contribution < -0.4 is 9.09 Å². The van der Waals surface area contributed by atoms with Gasteiger partial charge in [0.05, 0.1) is 0 Å². The SMILES string of the molecule is CCOC(=O)COc1ccc([AsH]C)cc1C. The number of carbonyl (C=O) groups is 1. The van der Waals surface area contributed by atoms with E-state index in [1.165, 1.54) is 4.35 Å². The zero-order chi connectivity index (χ0) is 12.0. The van der Waals surface area contributed by atoms with Crippen molar-refractivity contribution in [2.45, 2.75) is 19.6 Å². The number of hydrogen-bond donors (Lipinski definition) is 0. The molecule has 1 rings (SSSR count). The maximum absolute atomic E-state index is 11.1. The average molecular weight is 284 g/mol. The molecule has 0 spiro atoms. The number of hydrogen-bond acceptors (Lipinski definition) is 3. The molecular formula is C12H17AsO3. The van der Waals surface area contributed by atoms with E-state index in [1.807, 2.05) is 13.0 Å². The van der Waals surface area contributed by atoms with E-state index in [2.05, 4.69) is 17.8 Å². The first-order chi connectivity index (χ1) is 7.67. The van der Waals surface area contributed by atoms with Crippen molar-refractivity contribution in [1.29, 1.82) is 0 Å². The first-order valence-electron chi connectivity index (χ1n) is 5.24. The number of esters is 1. The van der Waals surface area contributed by atoms with Gasteiger partial charge in [-0.15, -0.1) is 0 Å². The third kappa shape index (κ3) is 3.90. The molecule has 1 atom stereocenters. The summed E-state index contributed by atoms with van der Waals surface area (Å²) in [5.74, 6) is 0.437. The number of aryl methyl sites for hydroxylation is 1. The van der Waals surface area contributed by atoms with Gasteiger partial charge >= 0.3 is 103 Å². The Morgan fingerprint density at radius 3 is 2.75 bits per heavy atom. The van der Waals surface area contributed by atoms with Crippen molar-refractivity contribution < 1.29 is 14.3 Å². The van der Waals surface area contributed by atoms with E-state index in [-0.39, 0.29) is 28.3 Å². The summed E-state index contributed by atoms with van der Waals surface area (Å²) in [5, 5.41) is 0. The van der Waals surface area contributed by atoms with Crippen LogP contribution in [0.1, 0.15) is 12.5 Å². The second kappa shape index (κ2) is 6.59. The van der Waals surface area contributed by atoms with E-state index < -0.39 is 0 Å². The van der Waals surface area contributed by atoms with Gasteiger partial charge in [0.2, 0.25) is 0 Å². The second-order valence-corrected chi connectivity index (χ2v) is 5.58. The third-order valence-electron chi connectivity index (χ3n) is 2.11. The van der Waals surface area contributed by atoms with Gasteiger partial charge in [-0.05, 0) is 0 Å². The fourth-order valence-electron chi connectivity index (χ4n) is 1.31. The molecule has 4 heteroatoms. The first-order valence-corrected chi connectivity index (χ1v) is 8.39. The first kappa shape index (κ1) is 13.1. The van der Waals surface area contributed by atoms with Gasteiger partial charge in [-0.3, -0.25) is 0 Å². The molecule has 0 aliphatic heterocycles. The van der Waals surface area contributed by atoms with Crippen LogP contribution in [-0.4, -0.2) is 34.9 Å². The summed E-state index contributed by atoms with van der Waals surface area (Å²) >= 11 is -0.0180. The van der Waals surface area contributed by atoms with Crippen LogP contribution in [0.4, 0.5) is 0 Å². The normalized spacial score (nSPS) is 10.7.